The number of likely N-dealkylation sites (tertiary alicyclic amines) is 1. The molecular formula is C36H46N2O5. The number of rotatable bonds is 11. The van der Waals surface area contributed by atoms with Crippen LogP contribution in [-0.4, -0.2) is 55.5 Å². The second kappa shape index (κ2) is 14.8. The summed E-state index contributed by atoms with van der Waals surface area (Å²) in [5.74, 6) is 1.01. The normalized spacial score (nSPS) is 18.4. The van der Waals surface area contributed by atoms with Gasteiger partial charge in [-0.05, 0) is 80.5 Å². The highest BCUT2D eigenvalue weighted by Gasteiger charge is 2.35. The molecule has 0 bridgehead atoms. The predicted molar refractivity (Wildman–Crippen MR) is 170 cm³/mol. The highest BCUT2D eigenvalue weighted by molar-refractivity contribution is 5.68. The van der Waals surface area contributed by atoms with Crippen molar-refractivity contribution in [2.24, 2.45) is 0 Å². The van der Waals surface area contributed by atoms with E-state index in [1.165, 1.54) is 28.8 Å². The Morgan fingerprint density at radius 3 is 2.56 bits per heavy atom. The zero-order valence-corrected chi connectivity index (χ0v) is 25.8. The van der Waals surface area contributed by atoms with E-state index in [1.54, 1.807) is 4.90 Å². The zero-order chi connectivity index (χ0) is 30.1. The van der Waals surface area contributed by atoms with E-state index in [-0.39, 0.29) is 18.1 Å². The van der Waals surface area contributed by atoms with Crippen molar-refractivity contribution in [2.75, 3.05) is 38.2 Å². The third kappa shape index (κ3) is 9.22. The van der Waals surface area contributed by atoms with Crippen LogP contribution in [0.2, 0.25) is 0 Å². The van der Waals surface area contributed by atoms with Gasteiger partial charge in [-0.3, -0.25) is 0 Å². The fraction of sp³-hybridized carbons (Fsp3) is 0.472. The highest BCUT2D eigenvalue weighted by atomic mass is 16.6. The fourth-order valence-corrected chi connectivity index (χ4v) is 5.69. The van der Waals surface area contributed by atoms with E-state index in [0.717, 1.165) is 37.1 Å². The summed E-state index contributed by atoms with van der Waals surface area (Å²) in [5.41, 5.74) is 5.55. The van der Waals surface area contributed by atoms with E-state index in [2.05, 4.69) is 47.8 Å². The first-order valence-corrected chi connectivity index (χ1v) is 15.6. The molecule has 7 heteroatoms. The quantitative estimate of drug-likeness (QED) is 0.237. The molecule has 7 nitrogen and oxygen atoms in total. The molecule has 0 saturated carbocycles. The summed E-state index contributed by atoms with van der Waals surface area (Å²) in [7, 11) is 0. The molecule has 1 fully saturated rings. The molecule has 2 aliphatic heterocycles. The van der Waals surface area contributed by atoms with Crippen molar-refractivity contribution in [2.45, 2.75) is 77.3 Å². The Morgan fingerprint density at radius 2 is 1.77 bits per heavy atom. The SMILES string of the molecule is CC(C)(C)OC(=O)N1CCC(c2ccc(OCCCOCc3ccccc3)cc2)C(OCc2ccc3c(c2)NCCC3)C1. The first kappa shape index (κ1) is 30.9. The third-order valence-electron chi connectivity index (χ3n) is 7.91. The van der Waals surface area contributed by atoms with E-state index in [9.17, 15) is 4.79 Å². The van der Waals surface area contributed by atoms with Gasteiger partial charge in [0.05, 0.1) is 39.1 Å². The molecule has 0 spiro atoms. The second-order valence-electron chi connectivity index (χ2n) is 12.5. The van der Waals surface area contributed by atoms with Crippen LogP contribution in [-0.2, 0) is 33.8 Å². The number of hydrogen-bond acceptors (Lipinski definition) is 6. The summed E-state index contributed by atoms with van der Waals surface area (Å²) >= 11 is 0. The van der Waals surface area contributed by atoms with Crippen LogP contribution in [0.15, 0.2) is 72.8 Å². The van der Waals surface area contributed by atoms with Gasteiger partial charge >= 0.3 is 6.09 Å². The van der Waals surface area contributed by atoms with E-state index < -0.39 is 5.60 Å². The Morgan fingerprint density at radius 1 is 0.953 bits per heavy atom. The van der Waals surface area contributed by atoms with Crippen LogP contribution >= 0.6 is 0 Å². The first-order valence-electron chi connectivity index (χ1n) is 15.6. The van der Waals surface area contributed by atoms with Gasteiger partial charge in [0.1, 0.15) is 11.4 Å². The summed E-state index contributed by atoms with van der Waals surface area (Å²) in [6.07, 6.45) is 3.47. The van der Waals surface area contributed by atoms with Crippen LogP contribution in [0.1, 0.15) is 68.2 Å². The molecule has 0 aromatic heterocycles. The summed E-state index contributed by atoms with van der Waals surface area (Å²) in [6, 6.07) is 25.1. The number of amides is 1. The Bertz CT molecular complexity index is 1310. The lowest BCUT2D eigenvalue weighted by Gasteiger charge is -2.39. The lowest BCUT2D eigenvalue weighted by Crippen LogP contribution is -2.48. The summed E-state index contributed by atoms with van der Waals surface area (Å²) in [5, 5.41) is 3.51. The van der Waals surface area contributed by atoms with Crippen molar-refractivity contribution in [1.82, 2.24) is 4.90 Å². The van der Waals surface area contributed by atoms with Crippen molar-refractivity contribution in [3.8, 4) is 5.75 Å². The average Bonchev–Trinajstić information content (AvgIpc) is 3.01. The van der Waals surface area contributed by atoms with Crippen molar-refractivity contribution in [3.05, 3.63) is 95.1 Å². The van der Waals surface area contributed by atoms with Crippen LogP contribution < -0.4 is 10.1 Å². The van der Waals surface area contributed by atoms with Crippen molar-refractivity contribution >= 4 is 11.8 Å². The number of hydrogen-bond donors (Lipinski definition) is 1. The van der Waals surface area contributed by atoms with Gasteiger partial charge in [-0.25, -0.2) is 4.79 Å². The highest BCUT2D eigenvalue weighted by Crippen LogP contribution is 2.33. The molecule has 2 aliphatic rings. The summed E-state index contributed by atoms with van der Waals surface area (Å²) < 4.78 is 24.0. The van der Waals surface area contributed by atoms with Crippen LogP contribution in [0.4, 0.5) is 10.5 Å². The third-order valence-corrected chi connectivity index (χ3v) is 7.91. The number of piperidine rings is 1. The molecule has 2 heterocycles. The summed E-state index contributed by atoms with van der Waals surface area (Å²) in [4.78, 5) is 14.7. The van der Waals surface area contributed by atoms with Gasteiger partial charge in [-0.2, -0.15) is 0 Å². The van der Waals surface area contributed by atoms with Gasteiger partial charge in [0, 0.05) is 31.1 Å². The average molecular weight is 587 g/mol. The first-order chi connectivity index (χ1) is 20.8. The van der Waals surface area contributed by atoms with Crippen LogP contribution in [0, 0.1) is 0 Å². The number of carbonyl (C=O) groups excluding carboxylic acids is 1. The van der Waals surface area contributed by atoms with Gasteiger partial charge in [0.25, 0.3) is 0 Å². The molecule has 3 aromatic carbocycles. The van der Waals surface area contributed by atoms with Gasteiger partial charge in [-0.1, -0.05) is 54.6 Å². The number of benzene rings is 3. The molecular weight excluding hydrogens is 540 g/mol. The second-order valence-corrected chi connectivity index (χ2v) is 12.5. The van der Waals surface area contributed by atoms with Crippen LogP contribution in [0.3, 0.4) is 0 Å². The minimum absolute atomic E-state index is 0.154. The van der Waals surface area contributed by atoms with Gasteiger partial charge in [0.2, 0.25) is 0 Å². The molecule has 1 N–H and O–H groups in total. The largest absolute Gasteiger partial charge is 0.494 e. The van der Waals surface area contributed by atoms with Crippen LogP contribution in [0.5, 0.6) is 5.75 Å². The molecule has 2 unspecified atom stereocenters. The van der Waals surface area contributed by atoms with Crippen molar-refractivity contribution in [3.63, 3.8) is 0 Å². The van der Waals surface area contributed by atoms with Crippen molar-refractivity contribution in [1.29, 1.82) is 0 Å². The minimum atomic E-state index is -0.537. The van der Waals surface area contributed by atoms with E-state index >= 15 is 0 Å². The lowest BCUT2D eigenvalue weighted by atomic mass is 9.87. The topological polar surface area (TPSA) is 69.3 Å². The number of ether oxygens (including phenoxy) is 4. The Labute approximate surface area is 256 Å². The van der Waals surface area contributed by atoms with Crippen LogP contribution in [0.25, 0.3) is 0 Å². The monoisotopic (exact) mass is 586 g/mol. The standard InChI is InChI=1S/C36H46N2O5/c1-36(2,3)43-35(39)38-20-18-32(34(24-38)42-26-28-12-13-30-11-7-19-37-33(30)23-28)29-14-16-31(17-15-29)41-22-8-21-40-25-27-9-5-4-6-10-27/h4-6,9-10,12-17,23,32,34,37H,7-8,11,18-22,24-26H2,1-3H3. The fourth-order valence-electron chi connectivity index (χ4n) is 5.69. The molecule has 230 valence electrons. The van der Waals surface area contributed by atoms with E-state index in [0.29, 0.717) is 39.5 Å². The number of nitrogens with one attached hydrogen (secondary N) is 1. The smallest absolute Gasteiger partial charge is 0.410 e. The minimum Gasteiger partial charge on any atom is -0.494 e. The maximum absolute atomic E-state index is 12.9. The molecule has 2 atom stereocenters. The maximum atomic E-state index is 12.9. The molecule has 0 aliphatic carbocycles. The maximum Gasteiger partial charge on any atom is 0.410 e. The van der Waals surface area contributed by atoms with Crippen molar-refractivity contribution < 1.29 is 23.7 Å². The number of fused-ring (bicyclic) bond motifs is 1. The molecule has 3 aromatic rings. The lowest BCUT2D eigenvalue weighted by molar-refractivity contribution is -0.0359. The van der Waals surface area contributed by atoms with E-state index in [1.807, 2.05) is 51.1 Å². The number of nitrogens with zero attached hydrogens (tertiary/aromatic N) is 1. The Kier molecular flexibility index (Phi) is 10.6. The number of carbonyl (C=O) groups is 1. The van der Waals surface area contributed by atoms with E-state index in [4.69, 9.17) is 18.9 Å². The number of anilines is 1. The van der Waals surface area contributed by atoms with Gasteiger partial charge in [-0.15, -0.1) is 0 Å². The van der Waals surface area contributed by atoms with Gasteiger partial charge < -0.3 is 29.2 Å². The molecule has 0 radical (unpaired) electrons. The Balaban J connectivity index is 1.17. The predicted octanol–water partition coefficient (Wildman–Crippen LogP) is 7.34. The molecule has 1 saturated heterocycles. The number of aryl methyl sites for hydroxylation is 1. The Hall–Kier alpha value is -3.55. The molecule has 5 rings (SSSR count). The zero-order valence-electron chi connectivity index (χ0n) is 25.8. The molecule has 1 amide bonds. The van der Waals surface area contributed by atoms with Gasteiger partial charge in [0.15, 0.2) is 0 Å². The molecule has 43 heavy (non-hydrogen) atoms. The summed E-state index contributed by atoms with van der Waals surface area (Å²) in [6.45, 7) is 10.2.